The summed E-state index contributed by atoms with van der Waals surface area (Å²) in [4.78, 5) is 31.8. The number of aryl methyl sites for hydroxylation is 1. The molecular weight excluding hydrogens is 458 g/mol. The number of likely N-dealkylation sites (tertiary alicyclic amines) is 1. The van der Waals surface area contributed by atoms with Crippen LogP contribution in [0.1, 0.15) is 61.8 Å². The first kappa shape index (κ1) is 24.2. The Morgan fingerprint density at radius 3 is 2.67 bits per heavy atom. The molecule has 8 heteroatoms. The monoisotopic (exact) mass is 491 g/mol. The van der Waals surface area contributed by atoms with Gasteiger partial charge in [0.05, 0.1) is 12.3 Å². The Labute approximate surface area is 211 Å². The Hall–Kier alpha value is -3.55. The maximum absolute atomic E-state index is 12.6. The molecule has 2 amide bonds. The molecule has 1 aliphatic carbocycles. The highest BCUT2D eigenvalue weighted by molar-refractivity contribution is 6.00. The molecule has 8 nitrogen and oxygen atoms in total. The number of piperidine rings is 1. The van der Waals surface area contributed by atoms with E-state index in [2.05, 4.69) is 41.7 Å². The first-order chi connectivity index (χ1) is 17.5. The van der Waals surface area contributed by atoms with Crippen molar-refractivity contribution in [1.29, 1.82) is 0 Å². The van der Waals surface area contributed by atoms with Crippen LogP contribution < -0.4 is 10.1 Å². The lowest BCUT2D eigenvalue weighted by Crippen LogP contribution is -2.49. The van der Waals surface area contributed by atoms with Gasteiger partial charge in [0.15, 0.2) is 12.7 Å². The lowest BCUT2D eigenvalue weighted by atomic mass is 9.90. The molecule has 1 N–H and O–H groups in total. The number of hydrogen-bond donors (Lipinski definition) is 1. The van der Waals surface area contributed by atoms with E-state index in [1.165, 1.54) is 11.1 Å². The molecule has 1 atom stereocenters. The molecule has 2 aromatic rings. The van der Waals surface area contributed by atoms with Crippen LogP contribution in [0.15, 0.2) is 53.7 Å². The van der Waals surface area contributed by atoms with Gasteiger partial charge in [-0.3, -0.25) is 4.79 Å². The predicted octanol–water partition coefficient (Wildman–Crippen LogP) is 4.37. The zero-order valence-corrected chi connectivity index (χ0v) is 20.7. The molecule has 1 unspecified atom stereocenters. The number of amides is 2. The molecule has 0 aromatic heterocycles. The van der Waals surface area contributed by atoms with Crippen LogP contribution >= 0.6 is 0 Å². The predicted molar refractivity (Wildman–Crippen MR) is 135 cm³/mol. The van der Waals surface area contributed by atoms with Crippen LogP contribution in [0.2, 0.25) is 0 Å². The topological polar surface area (TPSA) is 89.5 Å². The average Bonchev–Trinajstić information content (AvgIpc) is 3.28. The van der Waals surface area contributed by atoms with Gasteiger partial charge in [-0.05, 0) is 66.6 Å². The van der Waals surface area contributed by atoms with Crippen LogP contribution in [0.25, 0.3) is 0 Å². The molecule has 2 saturated heterocycles. The van der Waals surface area contributed by atoms with Gasteiger partial charge < -0.3 is 24.5 Å². The lowest BCUT2D eigenvalue weighted by Gasteiger charge is -2.37. The molecule has 2 aliphatic heterocycles. The van der Waals surface area contributed by atoms with E-state index in [4.69, 9.17) is 14.3 Å². The molecule has 5 rings (SSSR count). The van der Waals surface area contributed by atoms with E-state index in [-0.39, 0.29) is 24.7 Å². The summed E-state index contributed by atoms with van der Waals surface area (Å²) in [7, 11) is 0. The van der Waals surface area contributed by atoms with Crippen LogP contribution in [0.3, 0.4) is 0 Å². The van der Waals surface area contributed by atoms with E-state index in [0.29, 0.717) is 38.2 Å². The number of rotatable bonds is 7. The van der Waals surface area contributed by atoms with Crippen molar-refractivity contribution in [2.45, 2.75) is 57.2 Å². The summed E-state index contributed by atoms with van der Waals surface area (Å²) in [5.74, 6) is 0.565. The summed E-state index contributed by atoms with van der Waals surface area (Å²) < 4.78 is 11.2. The second-order valence-electron chi connectivity index (χ2n) is 9.70. The third kappa shape index (κ3) is 5.32. The molecule has 2 fully saturated rings. The highest BCUT2D eigenvalue weighted by atomic mass is 16.6. The molecule has 190 valence electrons. The van der Waals surface area contributed by atoms with E-state index >= 15 is 0 Å². The number of hydrogen-bond acceptors (Lipinski definition) is 6. The van der Waals surface area contributed by atoms with Crippen molar-refractivity contribution in [3.05, 3.63) is 65.2 Å². The van der Waals surface area contributed by atoms with Gasteiger partial charge in [-0.2, -0.15) is 0 Å². The summed E-state index contributed by atoms with van der Waals surface area (Å²) in [6, 6.07) is 16.1. The summed E-state index contributed by atoms with van der Waals surface area (Å²) in [5.41, 5.74) is 3.97. The van der Waals surface area contributed by atoms with Crippen molar-refractivity contribution in [3.63, 3.8) is 0 Å². The van der Waals surface area contributed by atoms with E-state index in [1.807, 2.05) is 24.3 Å². The summed E-state index contributed by atoms with van der Waals surface area (Å²) in [6.45, 7) is 3.66. The third-order valence-corrected chi connectivity index (χ3v) is 7.38. The van der Waals surface area contributed by atoms with Gasteiger partial charge >= 0.3 is 6.09 Å². The standard InChI is InChI=1S/C28H33N3O5/c1-2-24(30-36-25-9-5-7-20-6-3-4-8-23(20)25)21-10-12-22(13-11-21)34-18-26(32)31-16-14-28(15-17-31)19-29-27(33)35-28/h3-4,6,8,10-13,25H,2,5,7,9,14-19H2,1H3,(H,29,33)/b30-24-. The Morgan fingerprint density at radius 2 is 1.94 bits per heavy atom. The van der Waals surface area contributed by atoms with Crippen molar-refractivity contribution < 1.29 is 23.9 Å². The first-order valence-corrected chi connectivity index (χ1v) is 12.8. The SMILES string of the molecule is CC/C(=N/OC1CCCc2ccccc21)c1ccc(OCC(=O)N2CCC3(CC2)CNC(=O)O3)cc1. The number of nitrogens with zero attached hydrogens (tertiary/aromatic N) is 2. The molecular formula is C28H33N3O5. The zero-order chi connectivity index (χ0) is 25.0. The fourth-order valence-corrected chi connectivity index (χ4v) is 5.19. The highest BCUT2D eigenvalue weighted by Gasteiger charge is 2.43. The van der Waals surface area contributed by atoms with Gasteiger partial charge in [0, 0.05) is 25.9 Å². The molecule has 0 bridgehead atoms. The quantitative estimate of drug-likeness (QED) is 0.459. The number of nitrogens with one attached hydrogen (secondary N) is 1. The Morgan fingerprint density at radius 1 is 1.17 bits per heavy atom. The summed E-state index contributed by atoms with van der Waals surface area (Å²) >= 11 is 0. The second-order valence-corrected chi connectivity index (χ2v) is 9.70. The maximum atomic E-state index is 12.6. The van der Waals surface area contributed by atoms with Gasteiger partial charge in [-0.25, -0.2) is 4.79 Å². The van der Waals surface area contributed by atoms with Crippen LogP contribution in [-0.4, -0.2) is 54.5 Å². The van der Waals surface area contributed by atoms with E-state index in [9.17, 15) is 9.59 Å². The molecule has 2 aromatic carbocycles. The van der Waals surface area contributed by atoms with E-state index in [1.54, 1.807) is 4.90 Å². The number of alkyl carbamates (subject to hydrolysis) is 1. The van der Waals surface area contributed by atoms with Gasteiger partial charge in [-0.15, -0.1) is 0 Å². The van der Waals surface area contributed by atoms with Crippen molar-refractivity contribution >= 4 is 17.7 Å². The maximum Gasteiger partial charge on any atom is 0.407 e. The fraction of sp³-hybridized carbons (Fsp3) is 0.464. The van der Waals surface area contributed by atoms with Crippen molar-refractivity contribution in [1.82, 2.24) is 10.2 Å². The molecule has 36 heavy (non-hydrogen) atoms. The molecule has 0 saturated carbocycles. The summed E-state index contributed by atoms with van der Waals surface area (Å²) in [5, 5.41) is 7.22. The minimum absolute atomic E-state index is 0.00762. The number of carbonyl (C=O) groups excluding carboxylic acids is 2. The Bertz CT molecular complexity index is 1120. The normalized spacial score (nSPS) is 20.9. The highest BCUT2D eigenvalue weighted by Crippen LogP contribution is 2.33. The van der Waals surface area contributed by atoms with Gasteiger partial charge in [0.25, 0.3) is 5.91 Å². The zero-order valence-electron chi connectivity index (χ0n) is 20.7. The largest absolute Gasteiger partial charge is 0.484 e. The third-order valence-electron chi connectivity index (χ3n) is 7.38. The number of oxime groups is 1. The van der Waals surface area contributed by atoms with Crippen molar-refractivity contribution in [3.8, 4) is 5.75 Å². The van der Waals surface area contributed by atoms with E-state index < -0.39 is 5.60 Å². The number of ether oxygens (including phenoxy) is 2. The van der Waals surface area contributed by atoms with E-state index in [0.717, 1.165) is 37.0 Å². The van der Waals surface area contributed by atoms with Crippen LogP contribution in [-0.2, 0) is 20.8 Å². The van der Waals surface area contributed by atoms with Crippen LogP contribution in [0, 0.1) is 0 Å². The molecule has 3 aliphatic rings. The molecule has 1 spiro atoms. The fourth-order valence-electron chi connectivity index (χ4n) is 5.19. The van der Waals surface area contributed by atoms with Crippen LogP contribution in [0.4, 0.5) is 4.79 Å². The summed E-state index contributed by atoms with van der Waals surface area (Å²) in [6.07, 6.45) is 4.81. The second kappa shape index (κ2) is 10.6. The van der Waals surface area contributed by atoms with Gasteiger partial charge in [0.2, 0.25) is 0 Å². The molecule has 2 heterocycles. The van der Waals surface area contributed by atoms with Crippen molar-refractivity contribution in [2.24, 2.45) is 5.16 Å². The Kier molecular flexibility index (Phi) is 7.11. The average molecular weight is 492 g/mol. The number of fused-ring (bicyclic) bond motifs is 1. The number of carbonyl (C=O) groups is 2. The lowest BCUT2D eigenvalue weighted by molar-refractivity contribution is -0.136. The molecule has 0 radical (unpaired) electrons. The van der Waals surface area contributed by atoms with Crippen LogP contribution in [0.5, 0.6) is 5.75 Å². The van der Waals surface area contributed by atoms with Crippen molar-refractivity contribution in [2.75, 3.05) is 26.2 Å². The minimum Gasteiger partial charge on any atom is -0.484 e. The number of benzene rings is 2. The first-order valence-electron chi connectivity index (χ1n) is 12.8. The minimum atomic E-state index is -0.465. The van der Waals surface area contributed by atoms with Gasteiger partial charge in [-0.1, -0.05) is 36.3 Å². The Balaban J connectivity index is 1.13. The smallest absolute Gasteiger partial charge is 0.407 e. The van der Waals surface area contributed by atoms with Gasteiger partial charge in [0.1, 0.15) is 11.4 Å².